The molecule has 0 aromatic heterocycles. The zero-order valence-electron chi connectivity index (χ0n) is 6.65. The van der Waals surface area contributed by atoms with Gasteiger partial charge in [-0.3, -0.25) is 0 Å². The Morgan fingerprint density at radius 3 is 2.08 bits per heavy atom. The maximum absolute atomic E-state index is 10.3. The van der Waals surface area contributed by atoms with Gasteiger partial charge >= 0.3 is 11.9 Å². The van der Waals surface area contributed by atoms with Crippen molar-refractivity contribution in [3.8, 4) is 0 Å². The average Bonchev–Trinajstić information content (AvgIpc) is 1.96. The fourth-order valence-corrected chi connectivity index (χ4v) is 0.588. The van der Waals surface area contributed by atoms with Gasteiger partial charge in [0, 0.05) is 0 Å². The molecule has 0 unspecified atom stereocenters. The Morgan fingerprint density at radius 2 is 1.75 bits per heavy atom. The van der Waals surface area contributed by atoms with Crippen molar-refractivity contribution in [1.29, 1.82) is 0 Å². The summed E-state index contributed by atoms with van der Waals surface area (Å²) in [4.78, 5) is 20.5. The second-order valence-electron chi connectivity index (χ2n) is 2.03. The van der Waals surface area contributed by atoms with Crippen LogP contribution in [0.1, 0.15) is 13.3 Å². The predicted octanol–water partition coefficient (Wildman–Crippen LogP) is 1.05. The van der Waals surface area contributed by atoms with Crippen molar-refractivity contribution in [2.75, 3.05) is 0 Å². The van der Waals surface area contributed by atoms with E-state index >= 15 is 0 Å². The van der Waals surface area contributed by atoms with Gasteiger partial charge in [-0.1, -0.05) is 18.2 Å². The molecule has 0 aliphatic carbocycles. The van der Waals surface area contributed by atoms with Gasteiger partial charge in [0.2, 0.25) is 0 Å². The summed E-state index contributed by atoms with van der Waals surface area (Å²) in [6.07, 6.45) is 4.87. The maximum atomic E-state index is 10.3. The highest BCUT2D eigenvalue weighted by molar-refractivity contribution is 6.12. The van der Waals surface area contributed by atoms with Gasteiger partial charge in [-0.15, -0.1) is 0 Å². The standard InChI is InChI=1S/C8H10O4/c1-2-3-4-5-6(7(9)10)8(11)12/h2-3,5H,4H2,1H3,(H,9,10)(H,11,12). The van der Waals surface area contributed by atoms with Crippen molar-refractivity contribution in [2.24, 2.45) is 0 Å². The molecule has 2 N–H and O–H groups in total. The number of allylic oxidation sites excluding steroid dienone is 3. The van der Waals surface area contributed by atoms with Gasteiger partial charge in [0.25, 0.3) is 0 Å². The lowest BCUT2D eigenvalue weighted by molar-refractivity contribution is -0.140. The number of hydrogen-bond donors (Lipinski definition) is 2. The highest BCUT2D eigenvalue weighted by Crippen LogP contribution is 1.98. The minimum atomic E-state index is -1.41. The number of carboxylic acid groups (broad SMARTS) is 2. The van der Waals surface area contributed by atoms with Crippen LogP contribution >= 0.6 is 0 Å². The zero-order valence-corrected chi connectivity index (χ0v) is 6.65. The summed E-state index contributed by atoms with van der Waals surface area (Å²) >= 11 is 0. The molecule has 0 bridgehead atoms. The van der Waals surface area contributed by atoms with E-state index in [9.17, 15) is 9.59 Å². The van der Waals surface area contributed by atoms with Gasteiger partial charge in [-0.25, -0.2) is 9.59 Å². The zero-order chi connectivity index (χ0) is 9.56. The van der Waals surface area contributed by atoms with Gasteiger partial charge in [-0.05, 0) is 13.3 Å². The number of hydrogen-bond acceptors (Lipinski definition) is 2. The summed E-state index contributed by atoms with van der Waals surface area (Å²) in [6.45, 7) is 1.77. The van der Waals surface area contributed by atoms with E-state index in [0.29, 0.717) is 6.42 Å². The van der Waals surface area contributed by atoms with Crippen molar-refractivity contribution in [1.82, 2.24) is 0 Å². The third-order valence-electron chi connectivity index (χ3n) is 1.15. The van der Waals surface area contributed by atoms with Crippen LogP contribution in [0.25, 0.3) is 0 Å². The first-order valence-electron chi connectivity index (χ1n) is 3.37. The normalized spacial score (nSPS) is 9.75. The molecule has 0 aliphatic rings. The predicted molar refractivity (Wildman–Crippen MR) is 42.8 cm³/mol. The summed E-state index contributed by atoms with van der Waals surface area (Å²) in [5, 5.41) is 16.7. The molecule has 0 rings (SSSR count). The van der Waals surface area contributed by atoms with Crippen LogP contribution in [0.2, 0.25) is 0 Å². The SMILES string of the molecule is CC=CCC=C(C(=O)O)C(=O)O. The van der Waals surface area contributed by atoms with Crippen LogP contribution in [-0.2, 0) is 9.59 Å². The van der Waals surface area contributed by atoms with Crippen LogP contribution in [0.15, 0.2) is 23.8 Å². The number of carbonyl (C=O) groups is 2. The van der Waals surface area contributed by atoms with Crippen LogP contribution in [0, 0.1) is 0 Å². The largest absolute Gasteiger partial charge is 0.477 e. The molecule has 0 saturated carbocycles. The summed E-state index contributed by atoms with van der Waals surface area (Å²) in [6, 6.07) is 0. The number of carboxylic acids is 2. The smallest absolute Gasteiger partial charge is 0.342 e. The second-order valence-corrected chi connectivity index (χ2v) is 2.03. The Kier molecular flexibility index (Phi) is 4.45. The van der Waals surface area contributed by atoms with Crippen molar-refractivity contribution < 1.29 is 19.8 Å². The quantitative estimate of drug-likeness (QED) is 0.286. The third kappa shape index (κ3) is 3.55. The first-order chi connectivity index (χ1) is 5.59. The van der Waals surface area contributed by atoms with Crippen LogP contribution in [-0.4, -0.2) is 22.2 Å². The Morgan fingerprint density at radius 1 is 1.25 bits per heavy atom. The van der Waals surface area contributed by atoms with Gasteiger partial charge in [0.1, 0.15) is 5.57 Å². The molecule has 0 spiro atoms. The average molecular weight is 170 g/mol. The van der Waals surface area contributed by atoms with E-state index in [1.165, 1.54) is 0 Å². The lowest BCUT2D eigenvalue weighted by atomic mass is 10.2. The van der Waals surface area contributed by atoms with Gasteiger partial charge in [0.05, 0.1) is 0 Å². The third-order valence-corrected chi connectivity index (χ3v) is 1.15. The molecule has 0 atom stereocenters. The van der Waals surface area contributed by atoms with E-state index in [2.05, 4.69) is 0 Å². The first-order valence-corrected chi connectivity index (χ1v) is 3.37. The topological polar surface area (TPSA) is 74.6 Å². The lowest BCUT2D eigenvalue weighted by Crippen LogP contribution is -2.10. The number of rotatable bonds is 4. The molecule has 0 aromatic carbocycles. The van der Waals surface area contributed by atoms with Crippen molar-refractivity contribution in [2.45, 2.75) is 13.3 Å². The van der Waals surface area contributed by atoms with E-state index in [1.807, 2.05) is 0 Å². The lowest BCUT2D eigenvalue weighted by Gasteiger charge is -1.92. The maximum Gasteiger partial charge on any atom is 0.342 e. The van der Waals surface area contributed by atoms with Gasteiger partial charge in [0.15, 0.2) is 0 Å². The van der Waals surface area contributed by atoms with Crippen LogP contribution in [0.3, 0.4) is 0 Å². The molecule has 0 aromatic rings. The molecule has 4 nitrogen and oxygen atoms in total. The molecule has 0 radical (unpaired) electrons. The first kappa shape index (κ1) is 10.4. The van der Waals surface area contributed by atoms with Crippen LogP contribution < -0.4 is 0 Å². The summed E-state index contributed by atoms with van der Waals surface area (Å²) < 4.78 is 0. The molecule has 0 saturated heterocycles. The molecular formula is C8H10O4. The highest BCUT2D eigenvalue weighted by Gasteiger charge is 2.14. The summed E-state index contributed by atoms with van der Waals surface area (Å²) in [5.41, 5.74) is -0.590. The fourth-order valence-electron chi connectivity index (χ4n) is 0.588. The molecule has 0 fully saturated rings. The van der Waals surface area contributed by atoms with Gasteiger partial charge < -0.3 is 10.2 Å². The van der Waals surface area contributed by atoms with Crippen LogP contribution in [0.4, 0.5) is 0 Å². The van der Waals surface area contributed by atoms with E-state index in [0.717, 1.165) is 6.08 Å². The molecule has 4 heteroatoms. The molecule has 0 heterocycles. The van der Waals surface area contributed by atoms with Crippen LogP contribution in [0.5, 0.6) is 0 Å². The fraction of sp³-hybridized carbons (Fsp3) is 0.250. The molecule has 66 valence electrons. The van der Waals surface area contributed by atoms with Crippen molar-refractivity contribution >= 4 is 11.9 Å². The van der Waals surface area contributed by atoms with E-state index < -0.39 is 17.5 Å². The Balaban J connectivity index is 4.40. The van der Waals surface area contributed by atoms with Crippen molar-refractivity contribution in [3.63, 3.8) is 0 Å². The Bertz CT molecular complexity index is 221. The molecule has 12 heavy (non-hydrogen) atoms. The van der Waals surface area contributed by atoms with Gasteiger partial charge in [-0.2, -0.15) is 0 Å². The van der Waals surface area contributed by atoms with E-state index in [-0.39, 0.29) is 0 Å². The number of aliphatic carboxylic acids is 2. The summed E-state index contributed by atoms with van der Waals surface area (Å²) in [7, 11) is 0. The Hall–Kier alpha value is -1.58. The summed E-state index contributed by atoms with van der Waals surface area (Å²) in [5.74, 6) is -2.82. The van der Waals surface area contributed by atoms with E-state index in [1.54, 1.807) is 19.1 Å². The molecule has 0 amide bonds. The minimum Gasteiger partial charge on any atom is -0.477 e. The Labute approximate surface area is 69.8 Å². The van der Waals surface area contributed by atoms with Crippen molar-refractivity contribution in [3.05, 3.63) is 23.8 Å². The molecular weight excluding hydrogens is 160 g/mol. The second kappa shape index (κ2) is 5.12. The highest BCUT2D eigenvalue weighted by atomic mass is 16.4. The van der Waals surface area contributed by atoms with E-state index in [4.69, 9.17) is 10.2 Å². The minimum absolute atomic E-state index is 0.324. The monoisotopic (exact) mass is 170 g/mol. The molecule has 0 aliphatic heterocycles.